The van der Waals surface area contributed by atoms with Crippen LogP contribution in [0, 0.1) is 5.92 Å². The minimum absolute atomic E-state index is 0.0386. The van der Waals surface area contributed by atoms with Crippen molar-refractivity contribution in [1.29, 1.82) is 0 Å². The van der Waals surface area contributed by atoms with E-state index in [1.165, 1.54) is 0 Å². The fraction of sp³-hybridized carbons (Fsp3) is 0.333. The van der Waals surface area contributed by atoms with Gasteiger partial charge < -0.3 is 4.74 Å². The second-order valence-electron chi connectivity index (χ2n) is 5.56. The van der Waals surface area contributed by atoms with Crippen LogP contribution in [0.2, 0.25) is 0 Å². The number of Topliss-reactive ketones (excluding diaryl/α,β-unsaturated/α-hetero) is 2. The molecule has 0 N–H and O–H groups in total. The number of carbonyl (C=O) groups is 2. The lowest BCUT2D eigenvalue weighted by atomic mass is 9.82. The Morgan fingerprint density at radius 1 is 1.19 bits per heavy atom. The van der Waals surface area contributed by atoms with E-state index in [1.54, 1.807) is 7.11 Å². The zero-order valence-corrected chi connectivity index (χ0v) is 12.1. The number of methoxy groups -OCH3 is 1. The highest BCUT2D eigenvalue weighted by atomic mass is 16.5. The van der Waals surface area contributed by atoms with Crippen LogP contribution < -0.4 is 4.74 Å². The van der Waals surface area contributed by atoms with Crippen LogP contribution in [-0.2, 0) is 4.79 Å². The number of ether oxygens (including phenoxy) is 1. The van der Waals surface area contributed by atoms with Gasteiger partial charge in [-0.15, -0.1) is 0 Å². The number of hydrogen-bond acceptors (Lipinski definition) is 3. The summed E-state index contributed by atoms with van der Waals surface area (Å²) in [7, 11) is 1.58. The van der Waals surface area contributed by atoms with Crippen molar-refractivity contribution in [2.24, 2.45) is 5.92 Å². The molecule has 21 heavy (non-hydrogen) atoms. The van der Waals surface area contributed by atoms with Gasteiger partial charge in [0.2, 0.25) is 0 Å². The summed E-state index contributed by atoms with van der Waals surface area (Å²) in [6, 6.07) is 11.6. The van der Waals surface area contributed by atoms with Crippen LogP contribution in [0.15, 0.2) is 36.4 Å². The zero-order valence-electron chi connectivity index (χ0n) is 12.1. The second kappa shape index (κ2) is 5.68. The average molecular weight is 282 g/mol. The number of carbonyl (C=O) groups excluding carboxylic acids is 2. The minimum Gasteiger partial charge on any atom is -0.496 e. The molecule has 0 aromatic heterocycles. The Balaban J connectivity index is 2.09. The Morgan fingerprint density at radius 3 is 2.76 bits per heavy atom. The van der Waals surface area contributed by atoms with Gasteiger partial charge in [0.25, 0.3) is 0 Å². The van der Waals surface area contributed by atoms with Crippen molar-refractivity contribution in [2.75, 3.05) is 7.11 Å². The second-order valence-corrected chi connectivity index (χ2v) is 5.56. The molecule has 0 spiro atoms. The number of ketones is 2. The lowest BCUT2D eigenvalue weighted by molar-refractivity contribution is -0.121. The summed E-state index contributed by atoms with van der Waals surface area (Å²) in [4.78, 5) is 24.6. The van der Waals surface area contributed by atoms with Crippen LogP contribution in [0.3, 0.4) is 0 Å². The van der Waals surface area contributed by atoms with Crippen molar-refractivity contribution in [3.8, 4) is 5.75 Å². The fourth-order valence-electron chi connectivity index (χ4n) is 3.13. The predicted molar refractivity (Wildman–Crippen MR) is 81.8 cm³/mol. The molecule has 2 aromatic carbocycles. The monoisotopic (exact) mass is 282 g/mol. The van der Waals surface area contributed by atoms with Crippen LogP contribution in [0.1, 0.15) is 36.0 Å². The Morgan fingerprint density at radius 2 is 2.00 bits per heavy atom. The smallest absolute Gasteiger partial charge is 0.170 e. The van der Waals surface area contributed by atoms with Crippen LogP contribution >= 0.6 is 0 Å². The van der Waals surface area contributed by atoms with E-state index in [0.717, 1.165) is 23.6 Å². The van der Waals surface area contributed by atoms with Crippen LogP contribution in [0.25, 0.3) is 10.8 Å². The summed E-state index contributed by atoms with van der Waals surface area (Å²) < 4.78 is 5.39. The summed E-state index contributed by atoms with van der Waals surface area (Å²) in [5.41, 5.74) is 0.621. The van der Waals surface area contributed by atoms with Crippen LogP contribution in [0.5, 0.6) is 5.75 Å². The molecule has 0 aliphatic heterocycles. The molecule has 0 radical (unpaired) electrons. The van der Waals surface area contributed by atoms with E-state index in [1.807, 2.05) is 36.4 Å². The molecule has 1 atom stereocenters. The quantitative estimate of drug-likeness (QED) is 0.804. The molecule has 3 rings (SSSR count). The van der Waals surface area contributed by atoms with Gasteiger partial charge in [-0.05, 0) is 29.7 Å². The third kappa shape index (κ3) is 2.56. The highest BCUT2D eigenvalue weighted by Gasteiger charge is 2.29. The van der Waals surface area contributed by atoms with E-state index in [4.69, 9.17) is 4.74 Å². The molecule has 1 unspecified atom stereocenters. The standard InChI is InChI=1S/C18H18O3/c1-21-16-10-9-12-5-2-3-8-15(12)17(16)18(20)13-6-4-7-14(19)11-13/h2-3,5,8-10,13H,4,6-7,11H2,1H3. The van der Waals surface area contributed by atoms with Gasteiger partial charge in [0.05, 0.1) is 12.7 Å². The summed E-state index contributed by atoms with van der Waals surface area (Å²) in [5.74, 6) is 0.623. The van der Waals surface area contributed by atoms with E-state index < -0.39 is 0 Å². The van der Waals surface area contributed by atoms with Gasteiger partial charge >= 0.3 is 0 Å². The predicted octanol–water partition coefficient (Wildman–Crippen LogP) is 3.79. The summed E-state index contributed by atoms with van der Waals surface area (Å²) >= 11 is 0. The molecule has 0 saturated heterocycles. The van der Waals surface area contributed by atoms with E-state index in [-0.39, 0.29) is 17.5 Å². The van der Waals surface area contributed by atoms with Gasteiger partial charge in [-0.25, -0.2) is 0 Å². The lowest BCUT2D eigenvalue weighted by Crippen LogP contribution is -2.23. The Labute approximate surface area is 123 Å². The number of rotatable bonds is 3. The van der Waals surface area contributed by atoms with Gasteiger partial charge in [0.15, 0.2) is 5.78 Å². The van der Waals surface area contributed by atoms with Crippen molar-refractivity contribution in [1.82, 2.24) is 0 Å². The third-order valence-corrected chi connectivity index (χ3v) is 4.21. The zero-order chi connectivity index (χ0) is 14.8. The molecule has 0 bridgehead atoms. The van der Waals surface area contributed by atoms with Crippen LogP contribution in [0.4, 0.5) is 0 Å². The van der Waals surface area contributed by atoms with E-state index >= 15 is 0 Å². The molecular weight excluding hydrogens is 264 g/mol. The normalized spacial score (nSPS) is 18.7. The molecule has 108 valence electrons. The van der Waals surface area contributed by atoms with Crippen molar-refractivity contribution < 1.29 is 14.3 Å². The van der Waals surface area contributed by atoms with Gasteiger partial charge in [-0.1, -0.05) is 30.3 Å². The highest BCUT2D eigenvalue weighted by Crippen LogP contribution is 2.33. The maximum absolute atomic E-state index is 12.9. The third-order valence-electron chi connectivity index (χ3n) is 4.21. The first-order chi connectivity index (χ1) is 10.2. The first-order valence-electron chi connectivity index (χ1n) is 7.32. The molecule has 0 heterocycles. The van der Waals surface area contributed by atoms with Crippen molar-refractivity contribution >= 4 is 22.3 Å². The molecule has 1 aliphatic carbocycles. The Hall–Kier alpha value is -2.16. The molecule has 2 aromatic rings. The molecule has 3 nitrogen and oxygen atoms in total. The van der Waals surface area contributed by atoms with E-state index in [2.05, 4.69) is 0 Å². The fourth-order valence-corrected chi connectivity index (χ4v) is 3.13. The number of fused-ring (bicyclic) bond motifs is 1. The Bertz CT molecular complexity index is 703. The van der Waals surface area contributed by atoms with Crippen molar-refractivity contribution in [3.05, 3.63) is 42.0 Å². The van der Waals surface area contributed by atoms with Crippen molar-refractivity contribution in [3.63, 3.8) is 0 Å². The average Bonchev–Trinajstić information content (AvgIpc) is 2.53. The minimum atomic E-state index is -0.203. The summed E-state index contributed by atoms with van der Waals surface area (Å²) in [6.07, 6.45) is 2.57. The molecule has 3 heteroatoms. The molecule has 1 saturated carbocycles. The van der Waals surface area contributed by atoms with Crippen LogP contribution in [-0.4, -0.2) is 18.7 Å². The molecule has 0 amide bonds. The molecule has 1 fully saturated rings. The summed E-state index contributed by atoms with van der Waals surface area (Å²) in [5, 5.41) is 1.92. The van der Waals surface area contributed by atoms with Gasteiger partial charge in [0, 0.05) is 18.8 Å². The lowest BCUT2D eigenvalue weighted by Gasteiger charge is -2.21. The first kappa shape index (κ1) is 13.8. The maximum atomic E-state index is 12.9. The van der Waals surface area contributed by atoms with Gasteiger partial charge in [0.1, 0.15) is 11.5 Å². The van der Waals surface area contributed by atoms with Gasteiger partial charge in [-0.2, -0.15) is 0 Å². The number of hydrogen-bond donors (Lipinski definition) is 0. The van der Waals surface area contributed by atoms with E-state index in [9.17, 15) is 9.59 Å². The first-order valence-corrected chi connectivity index (χ1v) is 7.32. The number of benzene rings is 2. The SMILES string of the molecule is COc1ccc2ccccc2c1C(=O)C1CCCC(=O)C1. The largest absolute Gasteiger partial charge is 0.496 e. The highest BCUT2D eigenvalue weighted by molar-refractivity contribution is 6.12. The molecular formula is C18H18O3. The van der Waals surface area contributed by atoms with Crippen molar-refractivity contribution in [2.45, 2.75) is 25.7 Å². The molecule has 1 aliphatic rings. The summed E-state index contributed by atoms with van der Waals surface area (Å²) in [6.45, 7) is 0. The van der Waals surface area contributed by atoms with E-state index in [0.29, 0.717) is 24.2 Å². The maximum Gasteiger partial charge on any atom is 0.170 e. The Kier molecular flexibility index (Phi) is 3.74. The van der Waals surface area contributed by atoms with Gasteiger partial charge in [-0.3, -0.25) is 9.59 Å². The topological polar surface area (TPSA) is 43.4 Å².